The summed E-state index contributed by atoms with van der Waals surface area (Å²) in [7, 11) is 0. The van der Waals surface area contributed by atoms with E-state index in [-0.39, 0.29) is 17.8 Å². The van der Waals surface area contributed by atoms with E-state index in [0.717, 1.165) is 31.6 Å². The van der Waals surface area contributed by atoms with Gasteiger partial charge in [-0.3, -0.25) is 9.59 Å². The minimum atomic E-state index is -0.793. The highest BCUT2D eigenvalue weighted by atomic mass is 16.4. The third-order valence-corrected chi connectivity index (χ3v) is 5.96. The Morgan fingerprint density at radius 1 is 0.643 bits per heavy atom. The maximum Gasteiger partial charge on any atom is 0.306 e. The molecule has 0 amide bonds. The Balaban J connectivity index is 0. The van der Waals surface area contributed by atoms with Crippen molar-refractivity contribution in [3.05, 3.63) is 0 Å². The number of aliphatic carboxylic acids is 2. The van der Waals surface area contributed by atoms with Gasteiger partial charge in [0.05, 0.1) is 11.8 Å². The minimum absolute atomic E-state index is 0.181. The molecule has 0 spiro atoms. The van der Waals surface area contributed by atoms with Gasteiger partial charge in [-0.15, -0.1) is 0 Å². The highest BCUT2D eigenvalue weighted by molar-refractivity contribution is 5.75. The fourth-order valence-corrected chi connectivity index (χ4v) is 4.88. The largest absolute Gasteiger partial charge is 0.481 e. The summed E-state index contributed by atoms with van der Waals surface area (Å²) in [5, 5.41) is 19.3. The Morgan fingerprint density at radius 2 is 1.00 bits per heavy atom. The van der Waals surface area contributed by atoms with Crippen molar-refractivity contribution in [1.82, 2.24) is 0 Å². The monoisotopic (exact) mass is 400 g/mol. The van der Waals surface area contributed by atoms with E-state index in [1.165, 1.54) is 12.8 Å². The van der Waals surface area contributed by atoms with Gasteiger partial charge in [0.2, 0.25) is 0 Å². The molecule has 2 aliphatic rings. The average molecular weight is 401 g/mol. The lowest BCUT2D eigenvalue weighted by Gasteiger charge is -2.42. The van der Waals surface area contributed by atoms with Crippen LogP contribution in [0.2, 0.25) is 0 Å². The van der Waals surface area contributed by atoms with Crippen LogP contribution in [0.3, 0.4) is 0 Å². The van der Waals surface area contributed by atoms with Crippen LogP contribution in [-0.2, 0) is 9.59 Å². The number of carbonyl (C=O) groups is 2. The van der Waals surface area contributed by atoms with Gasteiger partial charge in [-0.1, -0.05) is 93.9 Å². The van der Waals surface area contributed by atoms with Crippen LogP contribution >= 0.6 is 0 Å². The second kappa shape index (κ2) is 16.9. The van der Waals surface area contributed by atoms with Crippen LogP contribution < -0.4 is 0 Å². The molecule has 0 heterocycles. The lowest BCUT2D eigenvalue weighted by molar-refractivity contribution is -0.156. The van der Waals surface area contributed by atoms with Crippen LogP contribution in [0.25, 0.3) is 0 Å². The van der Waals surface area contributed by atoms with E-state index < -0.39 is 23.8 Å². The first-order valence-electron chi connectivity index (χ1n) is 11.9. The summed E-state index contributed by atoms with van der Waals surface area (Å²) >= 11 is 0. The van der Waals surface area contributed by atoms with Gasteiger partial charge in [-0.05, 0) is 36.5 Å². The maximum atomic E-state index is 11.7. The molecule has 0 radical (unpaired) electrons. The SMILES string of the molecule is CC.CC.CC.CC1CCCC(C2C(C(=O)O)CC(C)CC2C(=O)O)CCC1. The van der Waals surface area contributed by atoms with E-state index in [9.17, 15) is 19.8 Å². The summed E-state index contributed by atoms with van der Waals surface area (Å²) in [6.07, 6.45) is 7.86. The second-order valence-corrected chi connectivity index (χ2v) is 7.77. The van der Waals surface area contributed by atoms with Gasteiger partial charge in [0, 0.05) is 0 Å². The zero-order valence-electron chi connectivity index (χ0n) is 19.8. The standard InChI is InChI=1S/C18H30O4.3C2H6/c1-11-5-3-7-13(8-4-6-11)16-14(17(19)20)9-12(2)10-15(16)18(21)22;3*1-2/h11-16H,3-10H2,1-2H3,(H,19,20)(H,21,22);3*1-2H3. The van der Waals surface area contributed by atoms with E-state index in [4.69, 9.17) is 0 Å². The molecular weight excluding hydrogens is 352 g/mol. The summed E-state index contributed by atoms with van der Waals surface area (Å²) in [6, 6.07) is 0. The van der Waals surface area contributed by atoms with Crippen LogP contribution in [0.1, 0.15) is 107 Å². The lowest BCUT2D eigenvalue weighted by Crippen LogP contribution is -2.44. The van der Waals surface area contributed by atoms with Crippen molar-refractivity contribution in [1.29, 1.82) is 0 Å². The van der Waals surface area contributed by atoms with Gasteiger partial charge < -0.3 is 10.2 Å². The second-order valence-electron chi connectivity index (χ2n) is 7.77. The predicted molar refractivity (Wildman–Crippen MR) is 119 cm³/mol. The molecule has 0 aromatic rings. The van der Waals surface area contributed by atoms with Crippen LogP contribution in [0.4, 0.5) is 0 Å². The van der Waals surface area contributed by atoms with E-state index in [2.05, 4.69) is 6.92 Å². The Bertz CT molecular complexity index is 373. The molecule has 2 unspecified atom stereocenters. The molecule has 0 aliphatic heterocycles. The van der Waals surface area contributed by atoms with Gasteiger partial charge in [-0.2, -0.15) is 0 Å². The predicted octanol–water partition coefficient (Wildman–Crippen LogP) is 7.12. The molecular formula is C24H48O4. The number of hydrogen-bond acceptors (Lipinski definition) is 2. The minimum Gasteiger partial charge on any atom is -0.481 e. The Hall–Kier alpha value is -1.06. The van der Waals surface area contributed by atoms with Crippen molar-refractivity contribution >= 4 is 11.9 Å². The molecule has 168 valence electrons. The molecule has 2 fully saturated rings. The molecule has 28 heavy (non-hydrogen) atoms. The summed E-state index contributed by atoms with van der Waals surface area (Å²) in [6.45, 7) is 16.3. The number of hydrogen-bond donors (Lipinski definition) is 2. The van der Waals surface area contributed by atoms with Crippen LogP contribution in [0.5, 0.6) is 0 Å². The molecule has 2 rings (SSSR count). The van der Waals surface area contributed by atoms with Gasteiger partial charge in [0.25, 0.3) is 0 Å². The fourth-order valence-electron chi connectivity index (χ4n) is 4.88. The molecule has 0 saturated heterocycles. The zero-order chi connectivity index (χ0) is 22.3. The van der Waals surface area contributed by atoms with Crippen LogP contribution in [0, 0.1) is 35.5 Å². The van der Waals surface area contributed by atoms with E-state index in [1.54, 1.807) is 0 Å². The topological polar surface area (TPSA) is 74.6 Å². The number of carboxylic acid groups (broad SMARTS) is 2. The Labute approximate surface area is 174 Å². The first-order chi connectivity index (χ1) is 13.4. The molecule has 0 aromatic heterocycles. The molecule has 0 bridgehead atoms. The van der Waals surface area contributed by atoms with Gasteiger partial charge >= 0.3 is 11.9 Å². The molecule has 2 saturated carbocycles. The maximum absolute atomic E-state index is 11.7. The Morgan fingerprint density at radius 3 is 1.32 bits per heavy atom. The van der Waals surface area contributed by atoms with Gasteiger partial charge in [0.15, 0.2) is 0 Å². The van der Waals surface area contributed by atoms with Crippen LogP contribution in [0.15, 0.2) is 0 Å². The molecule has 0 aromatic carbocycles. The van der Waals surface area contributed by atoms with Crippen molar-refractivity contribution in [3.8, 4) is 0 Å². The summed E-state index contributed by atoms with van der Waals surface area (Å²) in [5.41, 5.74) is 0. The summed E-state index contributed by atoms with van der Waals surface area (Å²) in [5.74, 6) is -1.53. The molecule has 4 nitrogen and oxygen atoms in total. The number of rotatable bonds is 3. The quantitative estimate of drug-likeness (QED) is 0.529. The highest BCUT2D eigenvalue weighted by Gasteiger charge is 2.46. The molecule has 2 aliphatic carbocycles. The first-order valence-corrected chi connectivity index (χ1v) is 11.9. The third kappa shape index (κ3) is 9.43. The Kier molecular flexibility index (Phi) is 17.5. The zero-order valence-corrected chi connectivity index (χ0v) is 19.8. The third-order valence-electron chi connectivity index (χ3n) is 5.96. The smallest absolute Gasteiger partial charge is 0.306 e. The van der Waals surface area contributed by atoms with Crippen molar-refractivity contribution < 1.29 is 19.8 Å². The summed E-state index contributed by atoms with van der Waals surface area (Å²) in [4.78, 5) is 23.5. The molecule has 2 N–H and O–H groups in total. The van der Waals surface area contributed by atoms with Crippen molar-refractivity contribution in [2.45, 2.75) is 107 Å². The van der Waals surface area contributed by atoms with E-state index in [1.807, 2.05) is 48.5 Å². The summed E-state index contributed by atoms with van der Waals surface area (Å²) < 4.78 is 0. The van der Waals surface area contributed by atoms with E-state index >= 15 is 0 Å². The van der Waals surface area contributed by atoms with Crippen molar-refractivity contribution in [2.75, 3.05) is 0 Å². The molecule has 2 atom stereocenters. The normalized spacial score (nSPS) is 32.4. The molecule has 4 heteroatoms. The number of carboxylic acids is 2. The average Bonchev–Trinajstić information content (AvgIpc) is 2.69. The van der Waals surface area contributed by atoms with Gasteiger partial charge in [-0.25, -0.2) is 0 Å². The lowest BCUT2D eigenvalue weighted by atomic mass is 9.61. The fraction of sp³-hybridized carbons (Fsp3) is 0.917. The van der Waals surface area contributed by atoms with Crippen molar-refractivity contribution in [2.24, 2.45) is 35.5 Å². The van der Waals surface area contributed by atoms with E-state index in [0.29, 0.717) is 12.8 Å². The highest BCUT2D eigenvalue weighted by Crippen LogP contribution is 2.46. The first kappa shape index (κ1) is 29.1. The van der Waals surface area contributed by atoms with Gasteiger partial charge in [0.1, 0.15) is 0 Å². The van der Waals surface area contributed by atoms with Crippen LogP contribution in [-0.4, -0.2) is 22.2 Å². The van der Waals surface area contributed by atoms with Crippen molar-refractivity contribution in [3.63, 3.8) is 0 Å².